The Bertz CT molecular complexity index is 376. The van der Waals surface area contributed by atoms with Gasteiger partial charge in [-0.15, -0.1) is 0 Å². The number of carbonyl (C=O) groups excluding carboxylic acids is 1. The number of amides is 1. The van der Waals surface area contributed by atoms with E-state index in [-0.39, 0.29) is 5.45 Å². The van der Waals surface area contributed by atoms with Crippen LogP contribution in [0.2, 0.25) is 0 Å². The lowest BCUT2D eigenvalue weighted by molar-refractivity contribution is -0.143. The summed E-state index contributed by atoms with van der Waals surface area (Å²) in [4.78, 5) is 17.2. The minimum Gasteiger partial charge on any atom is -0.442 e. The van der Waals surface area contributed by atoms with Gasteiger partial charge in [0.15, 0.2) is 0 Å². The monoisotopic (exact) mass is 315 g/mol. The molecule has 1 aromatic rings. The van der Waals surface area contributed by atoms with Crippen LogP contribution in [0.5, 0.6) is 0 Å². The maximum Gasteiger partial charge on any atom is 0.435 e. The zero-order valence-corrected chi connectivity index (χ0v) is 12.4. The van der Waals surface area contributed by atoms with Crippen molar-refractivity contribution in [2.75, 3.05) is 5.45 Å². The van der Waals surface area contributed by atoms with E-state index < -0.39 is 11.7 Å². The normalized spacial score (nSPS) is 11.1. The van der Waals surface area contributed by atoms with Crippen molar-refractivity contribution < 1.29 is 14.4 Å². The summed E-state index contributed by atoms with van der Waals surface area (Å²) in [6.07, 6.45) is -0.504. The summed E-state index contributed by atoms with van der Waals surface area (Å²) in [5, 5.41) is 1.15. The number of ether oxygens (including phenoxy) is 1. The molecule has 0 radical (unpaired) electrons. The fourth-order valence-corrected chi connectivity index (χ4v) is 1.53. The van der Waals surface area contributed by atoms with Crippen LogP contribution in [0, 0.1) is 0 Å². The van der Waals surface area contributed by atoms with Gasteiger partial charge in [0.05, 0.1) is 0 Å². The van der Waals surface area contributed by atoms with Gasteiger partial charge in [-0.05, 0) is 26.3 Å². The van der Waals surface area contributed by atoms with Crippen molar-refractivity contribution in [2.24, 2.45) is 0 Å². The SMILES string of the molecule is CC(C)(C)OC(=O)N(CBr)OCc1ccccc1. The third-order valence-corrected chi connectivity index (χ3v) is 2.39. The van der Waals surface area contributed by atoms with Gasteiger partial charge in [-0.2, -0.15) is 5.06 Å². The average molecular weight is 316 g/mol. The fraction of sp³-hybridized carbons (Fsp3) is 0.462. The molecule has 0 aromatic heterocycles. The highest BCUT2D eigenvalue weighted by Gasteiger charge is 2.22. The highest BCUT2D eigenvalue weighted by atomic mass is 79.9. The summed E-state index contributed by atoms with van der Waals surface area (Å²) >= 11 is 3.20. The second-order valence-corrected chi connectivity index (χ2v) is 5.24. The summed E-state index contributed by atoms with van der Waals surface area (Å²) in [7, 11) is 0. The molecule has 0 aliphatic heterocycles. The summed E-state index contributed by atoms with van der Waals surface area (Å²) in [5.74, 6) is 0. The van der Waals surface area contributed by atoms with Crippen molar-refractivity contribution in [1.29, 1.82) is 0 Å². The van der Waals surface area contributed by atoms with Gasteiger partial charge in [0.25, 0.3) is 0 Å². The van der Waals surface area contributed by atoms with Crippen LogP contribution in [0.1, 0.15) is 26.3 Å². The van der Waals surface area contributed by atoms with Gasteiger partial charge in [0, 0.05) is 0 Å². The molecule has 18 heavy (non-hydrogen) atoms. The summed E-state index contributed by atoms with van der Waals surface area (Å²) in [6, 6.07) is 9.64. The molecule has 1 aromatic carbocycles. The van der Waals surface area contributed by atoms with Crippen molar-refractivity contribution in [3.63, 3.8) is 0 Å². The first-order valence-electron chi connectivity index (χ1n) is 5.65. The highest BCUT2D eigenvalue weighted by molar-refractivity contribution is 9.09. The van der Waals surface area contributed by atoms with Crippen molar-refractivity contribution in [3.05, 3.63) is 35.9 Å². The van der Waals surface area contributed by atoms with E-state index >= 15 is 0 Å². The van der Waals surface area contributed by atoms with Gasteiger partial charge < -0.3 is 4.74 Å². The van der Waals surface area contributed by atoms with Crippen molar-refractivity contribution in [3.8, 4) is 0 Å². The Morgan fingerprint density at radius 1 is 1.28 bits per heavy atom. The Morgan fingerprint density at radius 3 is 2.39 bits per heavy atom. The lowest BCUT2D eigenvalue weighted by Gasteiger charge is -2.25. The third-order valence-electron chi connectivity index (χ3n) is 1.94. The van der Waals surface area contributed by atoms with Crippen LogP contribution in [0.3, 0.4) is 0 Å². The van der Waals surface area contributed by atoms with E-state index in [9.17, 15) is 4.79 Å². The van der Waals surface area contributed by atoms with E-state index in [4.69, 9.17) is 9.57 Å². The van der Waals surface area contributed by atoms with Gasteiger partial charge in [0.1, 0.15) is 17.7 Å². The number of carbonyl (C=O) groups is 1. The van der Waals surface area contributed by atoms with E-state index in [2.05, 4.69) is 15.9 Å². The molecule has 0 saturated carbocycles. The molecule has 0 unspecified atom stereocenters. The molecule has 0 aliphatic carbocycles. The van der Waals surface area contributed by atoms with Crippen LogP contribution >= 0.6 is 15.9 Å². The predicted octanol–water partition coefficient (Wildman–Crippen LogP) is 3.71. The molecular formula is C13H18BrNO3. The molecule has 0 fully saturated rings. The summed E-state index contributed by atoms with van der Waals surface area (Å²) in [5.41, 5.74) is 0.717. The van der Waals surface area contributed by atoms with Crippen LogP contribution in [0.25, 0.3) is 0 Å². The maximum absolute atomic E-state index is 11.8. The first-order valence-corrected chi connectivity index (χ1v) is 6.78. The first kappa shape index (κ1) is 15.0. The number of halogens is 1. The first-order chi connectivity index (χ1) is 8.42. The van der Waals surface area contributed by atoms with Gasteiger partial charge in [-0.3, -0.25) is 4.84 Å². The molecule has 1 rings (SSSR count). The minimum atomic E-state index is -0.534. The van der Waals surface area contributed by atoms with Gasteiger partial charge >= 0.3 is 6.09 Å². The number of nitrogens with zero attached hydrogens (tertiary/aromatic N) is 1. The third kappa shape index (κ3) is 5.51. The predicted molar refractivity (Wildman–Crippen MR) is 73.1 cm³/mol. The van der Waals surface area contributed by atoms with Crippen LogP contribution in [-0.2, 0) is 16.2 Å². The highest BCUT2D eigenvalue weighted by Crippen LogP contribution is 2.12. The van der Waals surface area contributed by atoms with E-state index in [0.717, 1.165) is 10.6 Å². The summed E-state index contributed by atoms with van der Waals surface area (Å²) < 4.78 is 5.21. The Morgan fingerprint density at radius 2 is 1.89 bits per heavy atom. The van der Waals surface area contributed by atoms with E-state index in [1.54, 1.807) is 0 Å². The number of benzene rings is 1. The Hall–Kier alpha value is -1.07. The van der Waals surface area contributed by atoms with Gasteiger partial charge in [-0.1, -0.05) is 46.3 Å². The van der Waals surface area contributed by atoms with E-state index in [0.29, 0.717) is 6.61 Å². The fourth-order valence-electron chi connectivity index (χ4n) is 1.18. The number of hydroxylamine groups is 2. The van der Waals surface area contributed by atoms with E-state index in [1.807, 2.05) is 51.1 Å². The number of rotatable bonds is 4. The van der Waals surface area contributed by atoms with Gasteiger partial charge in [-0.25, -0.2) is 4.79 Å². The molecule has 0 atom stereocenters. The quantitative estimate of drug-likeness (QED) is 0.483. The van der Waals surface area contributed by atoms with Crippen LogP contribution in [0.4, 0.5) is 4.79 Å². The molecule has 0 heterocycles. The minimum absolute atomic E-state index is 0.259. The van der Waals surface area contributed by atoms with Crippen molar-refractivity contribution in [1.82, 2.24) is 5.06 Å². The molecule has 0 N–H and O–H groups in total. The zero-order chi connectivity index (χ0) is 13.6. The molecule has 0 saturated heterocycles. The molecule has 100 valence electrons. The van der Waals surface area contributed by atoms with Gasteiger partial charge in [0.2, 0.25) is 0 Å². The molecule has 1 amide bonds. The Balaban J connectivity index is 2.50. The average Bonchev–Trinajstić information content (AvgIpc) is 2.29. The smallest absolute Gasteiger partial charge is 0.435 e. The number of hydrogen-bond donors (Lipinski definition) is 0. The second kappa shape index (κ2) is 6.75. The molecular weight excluding hydrogens is 298 g/mol. The standard InChI is InChI=1S/C13H18BrNO3/c1-13(2,3)18-12(16)15(10-14)17-9-11-7-5-4-6-8-11/h4-8H,9-10H2,1-3H3. The lowest BCUT2D eigenvalue weighted by atomic mass is 10.2. The number of hydrogen-bond acceptors (Lipinski definition) is 3. The maximum atomic E-state index is 11.8. The van der Waals surface area contributed by atoms with Crippen LogP contribution in [0.15, 0.2) is 30.3 Å². The van der Waals surface area contributed by atoms with Crippen molar-refractivity contribution >= 4 is 22.0 Å². The Labute approximate surface area is 116 Å². The largest absolute Gasteiger partial charge is 0.442 e. The second-order valence-electron chi connectivity index (χ2n) is 4.74. The van der Waals surface area contributed by atoms with Crippen molar-refractivity contribution in [2.45, 2.75) is 33.0 Å². The molecule has 4 nitrogen and oxygen atoms in total. The molecule has 0 bridgehead atoms. The topological polar surface area (TPSA) is 38.8 Å². The lowest BCUT2D eigenvalue weighted by Crippen LogP contribution is -2.36. The Kier molecular flexibility index (Phi) is 5.62. The molecule has 0 aliphatic rings. The summed E-state index contributed by atoms with van der Waals surface area (Å²) in [6.45, 7) is 5.77. The molecule has 0 spiro atoms. The van der Waals surface area contributed by atoms with E-state index in [1.165, 1.54) is 0 Å². The zero-order valence-electron chi connectivity index (χ0n) is 10.9. The van der Waals surface area contributed by atoms with Crippen LogP contribution in [-0.4, -0.2) is 22.2 Å². The van der Waals surface area contributed by atoms with Crippen LogP contribution < -0.4 is 0 Å². The molecule has 5 heteroatoms. The number of alkyl halides is 1.